The number of rotatable bonds is 2. The molecule has 0 aliphatic carbocycles. The molecule has 2 heterocycles. The maximum atomic E-state index is 6.25. The van der Waals surface area contributed by atoms with Crippen LogP contribution in [-0.2, 0) is 0 Å². The summed E-state index contributed by atoms with van der Waals surface area (Å²) in [6, 6.07) is 9.64. The number of nitrogens with zero attached hydrogens (tertiary/aromatic N) is 3. The van der Waals surface area contributed by atoms with Crippen molar-refractivity contribution in [3.05, 3.63) is 39.8 Å². The average Bonchev–Trinajstić information content (AvgIpc) is 2.80. The molecule has 6 heteroatoms. The first-order valence-corrected chi connectivity index (χ1v) is 7.21. The molecule has 0 aliphatic rings. The third-order valence-electron chi connectivity index (χ3n) is 2.98. The van der Waals surface area contributed by atoms with Gasteiger partial charge >= 0.3 is 0 Å². The molecule has 0 atom stereocenters. The van der Waals surface area contributed by atoms with E-state index < -0.39 is 0 Å². The Hall–Kier alpha value is -1.59. The zero-order valence-electron chi connectivity index (χ0n) is 11.0. The van der Waals surface area contributed by atoms with Crippen molar-refractivity contribution in [2.75, 3.05) is 19.0 Å². The van der Waals surface area contributed by atoms with Crippen molar-refractivity contribution in [3.8, 4) is 11.4 Å². The molecule has 0 bridgehead atoms. The molecule has 3 rings (SSSR count). The van der Waals surface area contributed by atoms with Crippen molar-refractivity contribution in [2.45, 2.75) is 0 Å². The quantitative estimate of drug-likeness (QED) is 0.756. The number of hydrogen-bond acceptors (Lipinski definition) is 3. The number of aromatic amines is 1. The van der Waals surface area contributed by atoms with Gasteiger partial charge in [-0.1, -0.05) is 27.5 Å². The van der Waals surface area contributed by atoms with Gasteiger partial charge in [0.05, 0.1) is 10.5 Å². The van der Waals surface area contributed by atoms with Crippen LogP contribution < -0.4 is 4.90 Å². The van der Waals surface area contributed by atoms with Crippen molar-refractivity contribution in [3.63, 3.8) is 0 Å². The summed E-state index contributed by atoms with van der Waals surface area (Å²) in [4.78, 5) is 14.2. The minimum absolute atomic E-state index is 0.645. The van der Waals surface area contributed by atoms with Gasteiger partial charge in [-0.2, -0.15) is 0 Å². The second-order valence-electron chi connectivity index (χ2n) is 4.64. The summed E-state index contributed by atoms with van der Waals surface area (Å²) in [6.07, 6.45) is 0. The van der Waals surface area contributed by atoms with Gasteiger partial charge in [-0.05, 0) is 30.3 Å². The van der Waals surface area contributed by atoms with Crippen molar-refractivity contribution in [2.24, 2.45) is 0 Å². The van der Waals surface area contributed by atoms with E-state index in [1.54, 1.807) is 0 Å². The SMILES string of the molecule is CN(C)c1ccc2[nH]c(-c3ccc(Br)cc3Cl)nc2n1. The number of anilines is 1. The van der Waals surface area contributed by atoms with Gasteiger partial charge in [-0.3, -0.25) is 0 Å². The summed E-state index contributed by atoms with van der Waals surface area (Å²) in [5, 5.41) is 0.645. The molecule has 3 aromatic rings. The van der Waals surface area contributed by atoms with Gasteiger partial charge in [0.1, 0.15) is 11.6 Å². The highest BCUT2D eigenvalue weighted by Crippen LogP contribution is 2.30. The third-order valence-corrected chi connectivity index (χ3v) is 3.78. The molecule has 0 saturated carbocycles. The van der Waals surface area contributed by atoms with E-state index in [9.17, 15) is 0 Å². The van der Waals surface area contributed by atoms with Crippen LogP contribution in [0.15, 0.2) is 34.8 Å². The van der Waals surface area contributed by atoms with Crippen LogP contribution in [0.5, 0.6) is 0 Å². The maximum Gasteiger partial charge on any atom is 0.180 e. The van der Waals surface area contributed by atoms with Crippen LogP contribution in [-0.4, -0.2) is 29.0 Å². The Morgan fingerprint density at radius 1 is 1.15 bits per heavy atom. The number of H-pyrrole nitrogens is 1. The molecule has 0 radical (unpaired) electrons. The Morgan fingerprint density at radius 2 is 1.95 bits per heavy atom. The van der Waals surface area contributed by atoms with Gasteiger partial charge in [-0.15, -0.1) is 0 Å². The fraction of sp³-hybridized carbons (Fsp3) is 0.143. The minimum Gasteiger partial charge on any atom is -0.363 e. The van der Waals surface area contributed by atoms with Crippen LogP contribution in [0.4, 0.5) is 5.82 Å². The number of imidazole rings is 1. The molecule has 0 saturated heterocycles. The lowest BCUT2D eigenvalue weighted by atomic mass is 10.2. The second-order valence-corrected chi connectivity index (χ2v) is 5.97. The zero-order chi connectivity index (χ0) is 14.3. The Morgan fingerprint density at radius 3 is 2.65 bits per heavy atom. The van der Waals surface area contributed by atoms with E-state index >= 15 is 0 Å². The van der Waals surface area contributed by atoms with E-state index in [0.29, 0.717) is 10.7 Å². The van der Waals surface area contributed by atoms with E-state index in [2.05, 4.69) is 30.9 Å². The van der Waals surface area contributed by atoms with Gasteiger partial charge in [-0.25, -0.2) is 9.97 Å². The molecular weight excluding hydrogens is 340 g/mol. The molecule has 4 nitrogen and oxygen atoms in total. The highest BCUT2D eigenvalue weighted by Gasteiger charge is 2.11. The highest BCUT2D eigenvalue weighted by atomic mass is 79.9. The standard InChI is InChI=1S/C14H12BrClN4/c1-20(2)12-6-5-11-14(18-12)19-13(17-11)9-4-3-8(15)7-10(9)16/h3-7H,1-2H3,(H,17,18,19). The molecule has 0 fully saturated rings. The Balaban J connectivity index is 2.13. The summed E-state index contributed by atoms with van der Waals surface area (Å²) >= 11 is 9.65. The molecule has 0 aliphatic heterocycles. The van der Waals surface area contributed by atoms with E-state index in [1.165, 1.54) is 0 Å². The molecule has 20 heavy (non-hydrogen) atoms. The van der Waals surface area contributed by atoms with E-state index in [4.69, 9.17) is 11.6 Å². The smallest absolute Gasteiger partial charge is 0.180 e. The number of halogens is 2. The maximum absolute atomic E-state index is 6.25. The monoisotopic (exact) mass is 350 g/mol. The number of fused-ring (bicyclic) bond motifs is 1. The summed E-state index contributed by atoms with van der Waals surface area (Å²) in [7, 11) is 3.90. The fourth-order valence-electron chi connectivity index (χ4n) is 1.94. The molecular formula is C14H12BrClN4. The minimum atomic E-state index is 0.645. The van der Waals surface area contributed by atoms with Gasteiger partial charge < -0.3 is 9.88 Å². The number of nitrogens with one attached hydrogen (secondary N) is 1. The predicted octanol–water partition coefficient (Wildman–Crippen LogP) is 4.11. The molecule has 0 amide bonds. The lowest BCUT2D eigenvalue weighted by Gasteiger charge is -2.09. The predicted molar refractivity (Wildman–Crippen MR) is 86.4 cm³/mol. The lowest BCUT2D eigenvalue weighted by molar-refractivity contribution is 1.08. The Labute approximate surface area is 129 Å². The molecule has 1 aromatic carbocycles. The summed E-state index contributed by atoms with van der Waals surface area (Å²) in [6.45, 7) is 0. The van der Waals surface area contributed by atoms with Crippen LogP contribution in [0.25, 0.3) is 22.6 Å². The summed E-state index contributed by atoms with van der Waals surface area (Å²) in [5.41, 5.74) is 2.44. The molecule has 0 unspecified atom stereocenters. The van der Waals surface area contributed by atoms with Crippen LogP contribution in [0.3, 0.4) is 0 Å². The van der Waals surface area contributed by atoms with Crippen LogP contribution in [0.2, 0.25) is 5.02 Å². The number of aromatic nitrogens is 3. The number of hydrogen-bond donors (Lipinski definition) is 1. The second kappa shape index (κ2) is 5.07. The van der Waals surface area contributed by atoms with E-state index in [-0.39, 0.29) is 0 Å². The average molecular weight is 352 g/mol. The van der Waals surface area contributed by atoms with E-state index in [0.717, 1.165) is 27.2 Å². The highest BCUT2D eigenvalue weighted by molar-refractivity contribution is 9.10. The summed E-state index contributed by atoms with van der Waals surface area (Å²) < 4.78 is 0.940. The topological polar surface area (TPSA) is 44.8 Å². The van der Waals surface area contributed by atoms with Crippen molar-refractivity contribution in [1.82, 2.24) is 15.0 Å². The molecule has 2 aromatic heterocycles. The Bertz CT molecular complexity index is 782. The molecule has 0 spiro atoms. The van der Waals surface area contributed by atoms with Gasteiger partial charge in [0.25, 0.3) is 0 Å². The van der Waals surface area contributed by atoms with Crippen molar-refractivity contribution in [1.29, 1.82) is 0 Å². The van der Waals surface area contributed by atoms with Crippen molar-refractivity contribution >= 4 is 44.5 Å². The Kier molecular flexibility index (Phi) is 3.40. The first kappa shape index (κ1) is 13.4. The zero-order valence-corrected chi connectivity index (χ0v) is 13.3. The van der Waals surface area contributed by atoms with Gasteiger partial charge in [0, 0.05) is 24.1 Å². The van der Waals surface area contributed by atoms with Crippen LogP contribution in [0, 0.1) is 0 Å². The van der Waals surface area contributed by atoms with E-state index in [1.807, 2.05) is 49.3 Å². The number of benzene rings is 1. The number of pyridine rings is 1. The van der Waals surface area contributed by atoms with Gasteiger partial charge in [0.15, 0.2) is 5.65 Å². The first-order chi connectivity index (χ1) is 9.54. The van der Waals surface area contributed by atoms with Crippen LogP contribution in [0.1, 0.15) is 0 Å². The van der Waals surface area contributed by atoms with Crippen molar-refractivity contribution < 1.29 is 0 Å². The van der Waals surface area contributed by atoms with Crippen LogP contribution >= 0.6 is 27.5 Å². The lowest BCUT2D eigenvalue weighted by Crippen LogP contribution is -2.10. The third kappa shape index (κ3) is 2.39. The summed E-state index contributed by atoms with van der Waals surface area (Å²) in [5.74, 6) is 1.60. The first-order valence-electron chi connectivity index (χ1n) is 6.04. The fourth-order valence-corrected chi connectivity index (χ4v) is 2.70. The molecule has 102 valence electrons. The largest absolute Gasteiger partial charge is 0.363 e. The van der Waals surface area contributed by atoms with Gasteiger partial charge in [0.2, 0.25) is 0 Å². The molecule has 1 N–H and O–H groups in total. The normalized spacial score (nSPS) is 11.0.